The van der Waals surface area contributed by atoms with Crippen molar-refractivity contribution < 1.29 is 0 Å². The van der Waals surface area contributed by atoms with Crippen LogP contribution in [0.3, 0.4) is 0 Å². The molecule has 0 aromatic heterocycles. The Morgan fingerprint density at radius 1 is 0.294 bits per heavy atom. The summed E-state index contributed by atoms with van der Waals surface area (Å²) in [6.45, 7) is 18.8. The Bertz CT molecular complexity index is 320. The van der Waals surface area contributed by atoms with Crippen molar-refractivity contribution in [2.75, 3.05) is 133 Å². The maximum atomic E-state index is 3.47. The van der Waals surface area contributed by atoms with Crippen LogP contribution in [-0.4, -0.2) is 153 Å². The highest BCUT2D eigenvalue weighted by molar-refractivity contribution is 4.64. The summed E-state index contributed by atoms with van der Waals surface area (Å²) >= 11 is 0. The topological polar surface area (TPSA) is 61.1 Å². The monoisotopic (exact) mass is 484 g/mol. The number of likely N-dealkylation sites (N-methyl/N-ethyl adjacent to an activating group) is 4. The van der Waals surface area contributed by atoms with Crippen molar-refractivity contribution in [2.45, 2.75) is 38.5 Å². The minimum atomic E-state index is 1.14. The van der Waals surface area contributed by atoms with Crippen LogP contribution < -0.4 is 21.3 Å². The van der Waals surface area contributed by atoms with E-state index in [4.69, 9.17) is 0 Å². The molecule has 2 heterocycles. The van der Waals surface area contributed by atoms with Gasteiger partial charge in [-0.2, -0.15) is 0 Å². The Hall–Kier alpha value is -0.320. The number of hydrogen-bond donors (Lipinski definition) is 4. The van der Waals surface area contributed by atoms with Gasteiger partial charge in [-0.25, -0.2) is 0 Å². The van der Waals surface area contributed by atoms with E-state index in [0.29, 0.717) is 0 Å². The summed E-state index contributed by atoms with van der Waals surface area (Å²) in [5, 5.41) is 13.9. The Balaban J connectivity index is 0.000000342. The van der Waals surface area contributed by atoms with E-state index in [1.807, 2.05) is 0 Å². The standard InChI is InChI=1S/C14H32N4.C12H28N4/c1-15-7-5-8-17(3)13-14-18(4)10-6-9-16(2)12-11-15;1-5-13-7-2-9-15-11-4-12-16-10-3-8-14-6-1/h5-14H2,1-4H3;13-16H,1-12H2. The SMILES string of the molecule is C1CNCCCNCCCNCCCNC1.CN1CCCN(C)CCN(C)CCCN(C)CC1. The molecule has 2 rings (SSSR count). The maximum absolute atomic E-state index is 3.47. The third-order valence-corrected chi connectivity index (χ3v) is 6.71. The lowest BCUT2D eigenvalue weighted by atomic mass is 10.3. The predicted molar refractivity (Wildman–Crippen MR) is 149 cm³/mol. The summed E-state index contributed by atoms with van der Waals surface area (Å²) < 4.78 is 0. The van der Waals surface area contributed by atoms with Crippen LogP contribution in [0.5, 0.6) is 0 Å². The third-order valence-electron chi connectivity index (χ3n) is 6.71. The molecule has 0 aromatic rings. The normalized spacial score (nSPS) is 25.1. The Kier molecular flexibility index (Phi) is 21.5. The van der Waals surface area contributed by atoms with Crippen LogP contribution in [0.25, 0.3) is 0 Å². The number of nitrogens with one attached hydrogen (secondary N) is 4. The van der Waals surface area contributed by atoms with Crippen molar-refractivity contribution in [3.8, 4) is 0 Å². The summed E-state index contributed by atoms with van der Waals surface area (Å²) in [5.74, 6) is 0. The predicted octanol–water partition coefficient (Wildman–Crippen LogP) is 0.426. The van der Waals surface area contributed by atoms with Gasteiger partial charge in [0.1, 0.15) is 0 Å². The van der Waals surface area contributed by atoms with E-state index >= 15 is 0 Å². The Morgan fingerprint density at radius 3 is 0.706 bits per heavy atom. The van der Waals surface area contributed by atoms with Crippen molar-refractivity contribution in [1.82, 2.24) is 40.9 Å². The minimum absolute atomic E-state index is 1.14. The van der Waals surface area contributed by atoms with Crippen LogP contribution in [0.4, 0.5) is 0 Å². The van der Waals surface area contributed by atoms with Gasteiger partial charge in [0.2, 0.25) is 0 Å². The van der Waals surface area contributed by atoms with Gasteiger partial charge in [0, 0.05) is 26.2 Å². The van der Waals surface area contributed by atoms with E-state index in [-0.39, 0.29) is 0 Å². The zero-order valence-electron chi connectivity index (χ0n) is 23.3. The van der Waals surface area contributed by atoms with Gasteiger partial charge in [0.05, 0.1) is 0 Å². The smallest absolute Gasteiger partial charge is 0.0106 e. The van der Waals surface area contributed by atoms with Crippen molar-refractivity contribution in [3.63, 3.8) is 0 Å². The summed E-state index contributed by atoms with van der Waals surface area (Å²) in [6, 6.07) is 0. The highest BCUT2D eigenvalue weighted by Gasteiger charge is 2.07. The van der Waals surface area contributed by atoms with Crippen LogP contribution in [0.1, 0.15) is 38.5 Å². The summed E-state index contributed by atoms with van der Waals surface area (Å²) in [4.78, 5) is 9.84. The molecule has 2 fully saturated rings. The number of rotatable bonds is 0. The van der Waals surface area contributed by atoms with E-state index in [1.54, 1.807) is 0 Å². The van der Waals surface area contributed by atoms with Gasteiger partial charge in [-0.15, -0.1) is 0 Å². The van der Waals surface area contributed by atoms with Crippen molar-refractivity contribution in [3.05, 3.63) is 0 Å². The van der Waals surface area contributed by atoms with Gasteiger partial charge in [-0.05, 0) is 145 Å². The van der Waals surface area contributed by atoms with E-state index in [2.05, 4.69) is 69.1 Å². The second-order valence-electron chi connectivity index (χ2n) is 10.3. The molecule has 2 aliphatic rings. The van der Waals surface area contributed by atoms with Crippen LogP contribution in [0, 0.1) is 0 Å². The first kappa shape index (κ1) is 31.7. The molecule has 0 atom stereocenters. The van der Waals surface area contributed by atoms with Crippen LogP contribution >= 0.6 is 0 Å². The molecule has 4 N–H and O–H groups in total. The molecule has 0 radical (unpaired) electrons. The molecule has 8 nitrogen and oxygen atoms in total. The van der Waals surface area contributed by atoms with Crippen molar-refractivity contribution in [2.24, 2.45) is 0 Å². The molecule has 2 aliphatic heterocycles. The largest absolute Gasteiger partial charge is 0.317 e. The molecule has 0 amide bonds. The fourth-order valence-electron chi connectivity index (χ4n) is 4.20. The summed E-state index contributed by atoms with van der Waals surface area (Å²) in [7, 11) is 8.97. The molecule has 0 aliphatic carbocycles. The molecule has 2 saturated heterocycles. The lowest BCUT2D eigenvalue weighted by molar-refractivity contribution is 0.206. The second kappa shape index (κ2) is 23.1. The van der Waals surface area contributed by atoms with Crippen LogP contribution in [-0.2, 0) is 0 Å². The summed E-state index contributed by atoms with van der Waals surface area (Å²) in [5.41, 5.74) is 0. The fraction of sp³-hybridized carbons (Fsp3) is 1.00. The lowest BCUT2D eigenvalue weighted by Crippen LogP contribution is -2.37. The van der Waals surface area contributed by atoms with Crippen molar-refractivity contribution >= 4 is 0 Å². The molecular formula is C26H60N8. The van der Waals surface area contributed by atoms with E-state index < -0.39 is 0 Å². The zero-order chi connectivity index (χ0) is 24.7. The molecule has 34 heavy (non-hydrogen) atoms. The first-order chi connectivity index (χ1) is 16.6. The molecular weight excluding hydrogens is 424 g/mol. The van der Waals surface area contributed by atoms with Gasteiger partial charge in [0.15, 0.2) is 0 Å². The van der Waals surface area contributed by atoms with E-state index in [9.17, 15) is 0 Å². The van der Waals surface area contributed by atoms with Gasteiger partial charge < -0.3 is 40.9 Å². The fourth-order valence-corrected chi connectivity index (χ4v) is 4.20. The molecule has 0 spiro atoms. The molecule has 0 aromatic carbocycles. The second-order valence-corrected chi connectivity index (χ2v) is 10.3. The third kappa shape index (κ3) is 21.0. The van der Waals surface area contributed by atoms with Crippen LogP contribution in [0.2, 0.25) is 0 Å². The van der Waals surface area contributed by atoms with Gasteiger partial charge in [0.25, 0.3) is 0 Å². The zero-order valence-corrected chi connectivity index (χ0v) is 23.3. The van der Waals surface area contributed by atoms with Crippen LogP contribution in [0.15, 0.2) is 0 Å². The van der Waals surface area contributed by atoms with E-state index in [1.165, 1.54) is 90.9 Å². The minimum Gasteiger partial charge on any atom is -0.317 e. The van der Waals surface area contributed by atoms with Gasteiger partial charge in [-0.1, -0.05) is 0 Å². The number of hydrogen-bond acceptors (Lipinski definition) is 8. The van der Waals surface area contributed by atoms with Gasteiger partial charge in [-0.3, -0.25) is 0 Å². The molecule has 0 unspecified atom stereocenters. The highest BCUT2D eigenvalue weighted by Crippen LogP contribution is 1.97. The lowest BCUT2D eigenvalue weighted by Gasteiger charge is -2.26. The molecule has 204 valence electrons. The average molecular weight is 485 g/mol. The maximum Gasteiger partial charge on any atom is 0.0106 e. The molecule has 0 saturated carbocycles. The number of nitrogens with zero attached hydrogens (tertiary/aromatic N) is 4. The molecule has 8 heteroatoms. The summed E-state index contributed by atoms with van der Waals surface area (Å²) in [6.07, 6.45) is 7.50. The quantitative estimate of drug-likeness (QED) is 0.395. The van der Waals surface area contributed by atoms with E-state index in [0.717, 1.165) is 52.4 Å². The highest BCUT2D eigenvalue weighted by atomic mass is 15.2. The Labute approximate surface area is 212 Å². The average Bonchev–Trinajstić information content (AvgIpc) is 2.81. The van der Waals surface area contributed by atoms with Crippen molar-refractivity contribution in [1.29, 1.82) is 0 Å². The first-order valence-corrected chi connectivity index (χ1v) is 14.1. The molecule has 0 bridgehead atoms. The first-order valence-electron chi connectivity index (χ1n) is 14.1. The Morgan fingerprint density at radius 2 is 0.500 bits per heavy atom. The van der Waals surface area contributed by atoms with Gasteiger partial charge >= 0.3 is 0 Å².